The van der Waals surface area contributed by atoms with Crippen molar-refractivity contribution in [1.82, 2.24) is 10.0 Å². The zero-order valence-corrected chi connectivity index (χ0v) is 10.6. The summed E-state index contributed by atoms with van der Waals surface area (Å²) in [4.78, 5) is 0. The topological polar surface area (TPSA) is 6.48 Å². The summed E-state index contributed by atoms with van der Waals surface area (Å²) in [6.45, 7) is 16.0. The zero-order chi connectivity index (χ0) is 11.8. The van der Waals surface area contributed by atoms with Crippen LogP contribution in [-0.2, 0) is 0 Å². The normalized spacial score (nSPS) is 11.0. The Morgan fingerprint density at radius 3 is 2.33 bits per heavy atom. The number of allylic oxidation sites excluding steroid dienone is 1. The van der Waals surface area contributed by atoms with Crippen LogP contribution in [0.4, 0.5) is 0 Å². The average Bonchev–Trinajstić information content (AvgIpc) is 2.17. The summed E-state index contributed by atoms with van der Waals surface area (Å²) in [6, 6.07) is 0. The van der Waals surface area contributed by atoms with Crippen molar-refractivity contribution < 1.29 is 0 Å². The van der Waals surface area contributed by atoms with Crippen molar-refractivity contribution in [3.63, 3.8) is 0 Å². The van der Waals surface area contributed by atoms with Crippen molar-refractivity contribution in [2.45, 2.75) is 27.2 Å². The molecule has 0 spiro atoms. The fourth-order valence-electron chi connectivity index (χ4n) is 1.27. The van der Waals surface area contributed by atoms with Crippen LogP contribution in [0.15, 0.2) is 36.6 Å². The van der Waals surface area contributed by atoms with Crippen LogP contribution in [0.3, 0.4) is 0 Å². The van der Waals surface area contributed by atoms with Crippen LogP contribution in [0, 0.1) is 0 Å². The van der Waals surface area contributed by atoms with Crippen LogP contribution in [0.5, 0.6) is 0 Å². The third-order valence-corrected chi connectivity index (χ3v) is 2.27. The second-order valence-electron chi connectivity index (χ2n) is 3.83. The summed E-state index contributed by atoms with van der Waals surface area (Å²) < 4.78 is 0. The Morgan fingerprint density at radius 2 is 1.93 bits per heavy atom. The molecule has 86 valence electrons. The van der Waals surface area contributed by atoms with Crippen molar-refractivity contribution in [2.75, 3.05) is 20.1 Å². The molecule has 0 radical (unpaired) electrons. The Kier molecular flexibility index (Phi) is 6.80. The van der Waals surface area contributed by atoms with Crippen LogP contribution in [-0.4, -0.2) is 30.2 Å². The predicted octanol–water partition coefficient (Wildman–Crippen LogP) is 3.21. The Balaban J connectivity index is 4.38. The van der Waals surface area contributed by atoms with E-state index < -0.39 is 0 Å². The summed E-state index contributed by atoms with van der Waals surface area (Å²) in [5, 5.41) is 4.37. The van der Waals surface area contributed by atoms with Crippen LogP contribution >= 0.6 is 0 Å². The molecule has 2 heteroatoms. The third-order valence-electron chi connectivity index (χ3n) is 2.27. The van der Waals surface area contributed by atoms with Gasteiger partial charge in [0.1, 0.15) is 0 Å². The van der Waals surface area contributed by atoms with Crippen LogP contribution in [0.2, 0.25) is 0 Å². The first-order chi connectivity index (χ1) is 7.02. The minimum Gasteiger partial charge on any atom is -0.316 e. The summed E-state index contributed by atoms with van der Waals surface area (Å²) >= 11 is 0. The lowest BCUT2D eigenvalue weighted by Gasteiger charge is -2.31. The highest BCUT2D eigenvalue weighted by atomic mass is 15.6. The molecule has 0 aromatic heterocycles. The molecule has 0 aliphatic rings. The van der Waals surface area contributed by atoms with E-state index in [4.69, 9.17) is 0 Å². The molecule has 0 aliphatic carbocycles. The maximum atomic E-state index is 4.03. The quantitative estimate of drug-likeness (QED) is 0.468. The Bertz CT molecular complexity index is 241. The van der Waals surface area contributed by atoms with Crippen molar-refractivity contribution in [3.05, 3.63) is 36.6 Å². The highest BCUT2D eigenvalue weighted by Crippen LogP contribution is 2.08. The van der Waals surface area contributed by atoms with Gasteiger partial charge >= 0.3 is 0 Å². The van der Waals surface area contributed by atoms with Crippen molar-refractivity contribution in [2.24, 2.45) is 0 Å². The SMILES string of the molecule is C=C(C)C(=C)CN(CCC)N(C)C=CC. The number of hydrogen-bond acceptors (Lipinski definition) is 2. The average molecular weight is 208 g/mol. The van der Waals surface area contributed by atoms with E-state index in [1.807, 2.05) is 19.9 Å². The molecule has 0 rings (SSSR count). The molecule has 0 aromatic carbocycles. The van der Waals surface area contributed by atoms with Gasteiger partial charge in [-0.15, -0.1) is 0 Å². The van der Waals surface area contributed by atoms with Gasteiger partial charge in [-0.1, -0.05) is 31.7 Å². The molecule has 0 saturated carbocycles. The van der Waals surface area contributed by atoms with E-state index in [-0.39, 0.29) is 0 Å². The first-order valence-electron chi connectivity index (χ1n) is 5.47. The van der Waals surface area contributed by atoms with Crippen molar-refractivity contribution >= 4 is 0 Å². The first kappa shape index (κ1) is 14.0. The second-order valence-corrected chi connectivity index (χ2v) is 3.83. The lowest BCUT2D eigenvalue weighted by atomic mass is 10.1. The maximum absolute atomic E-state index is 4.03. The zero-order valence-electron chi connectivity index (χ0n) is 10.6. The van der Waals surface area contributed by atoms with E-state index in [9.17, 15) is 0 Å². The molecule has 0 aliphatic heterocycles. The molecule has 0 fully saturated rings. The third kappa shape index (κ3) is 5.43. The van der Waals surface area contributed by atoms with Crippen LogP contribution in [0.25, 0.3) is 0 Å². The largest absolute Gasteiger partial charge is 0.316 e. The van der Waals surface area contributed by atoms with Gasteiger partial charge in [0.25, 0.3) is 0 Å². The Hall–Kier alpha value is -1.02. The van der Waals surface area contributed by atoms with Gasteiger partial charge < -0.3 is 5.01 Å². The highest BCUT2D eigenvalue weighted by molar-refractivity contribution is 5.23. The summed E-state index contributed by atoms with van der Waals surface area (Å²) in [7, 11) is 2.06. The van der Waals surface area contributed by atoms with E-state index in [1.54, 1.807) is 0 Å². The van der Waals surface area contributed by atoms with E-state index in [1.165, 1.54) is 0 Å². The number of rotatable bonds is 7. The van der Waals surface area contributed by atoms with Gasteiger partial charge in [0.15, 0.2) is 0 Å². The van der Waals surface area contributed by atoms with E-state index in [0.717, 1.165) is 30.7 Å². The summed E-state index contributed by atoms with van der Waals surface area (Å²) in [6.07, 6.45) is 5.22. The molecule has 0 saturated heterocycles. The number of hydrazine groups is 1. The lowest BCUT2D eigenvalue weighted by Crippen LogP contribution is -2.38. The van der Waals surface area contributed by atoms with Gasteiger partial charge in [-0.05, 0) is 25.8 Å². The van der Waals surface area contributed by atoms with E-state index in [0.29, 0.717) is 0 Å². The standard InChI is InChI=1S/C13H24N2/c1-7-9-14(6)15(10-8-2)11-13(5)12(3)4/h7,9H,3,5,8,10-11H2,1-2,4,6H3. The Morgan fingerprint density at radius 1 is 1.33 bits per heavy atom. The monoisotopic (exact) mass is 208 g/mol. The molecular weight excluding hydrogens is 184 g/mol. The van der Waals surface area contributed by atoms with Gasteiger partial charge in [0.05, 0.1) is 0 Å². The molecule has 0 unspecified atom stereocenters. The molecule has 2 nitrogen and oxygen atoms in total. The molecule has 15 heavy (non-hydrogen) atoms. The van der Waals surface area contributed by atoms with Crippen LogP contribution in [0.1, 0.15) is 27.2 Å². The molecule has 0 aromatic rings. The van der Waals surface area contributed by atoms with Gasteiger partial charge in [-0.3, -0.25) is 0 Å². The lowest BCUT2D eigenvalue weighted by molar-refractivity contribution is 0.0587. The van der Waals surface area contributed by atoms with Gasteiger partial charge in [0, 0.05) is 26.3 Å². The summed E-state index contributed by atoms with van der Waals surface area (Å²) in [5.74, 6) is 0. The molecule has 0 amide bonds. The second kappa shape index (κ2) is 7.30. The first-order valence-corrected chi connectivity index (χ1v) is 5.47. The minimum atomic E-state index is 0.851. The number of nitrogens with zero attached hydrogens (tertiary/aromatic N) is 2. The molecule has 0 N–H and O–H groups in total. The van der Waals surface area contributed by atoms with Gasteiger partial charge in [-0.2, -0.15) is 0 Å². The van der Waals surface area contributed by atoms with Crippen molar-refractivity contribution in [1.29, 1.82) is 0 Å². The van der Waals surface area contributed by atoms with E-state index >= 15 is 0 Å². The fraction of sp³-hybridized carbons (Fsp3) is 0.538. The highest BCUT2D eigenvalue weighted by Gasteiger charge is 2.08. The Labute approximate surface area is 94.5 Å². The number of hydrogen-bond donors (Lipinski definition) is 0. The van der Waals surface area contributed by atoms with Gasteiger partial charge in [-0.25, -0.2) is 5.01 Å². The predicted molar refractivity (Wildman–Crippen MR) is 68.4 cm³/mol. The van der Waals surface area contributed by atoms with Crippen molar-refractivity contribution in [3.8, 4) is 0 Å². The fourth-order valence-corrected chi connectivity index (χ4v) is 1.27. The minimum absolute atomic E-state index is 0.851. The smallest absolute Gasteiger partial charge is 0.0427 e. The summed E-state index contributed by atoms with van der Waals surface area (Å²) in [5.41, 5.74) is 2.16. The van der Waals surface area contributed by atoms with Crippen LogP contribution < -0.4 is 0 Å². The molecule has 0 atom stereocenters. The molecular formula is C13H24N2. The maximum Gasteiger partial charge on any atom is 0.0427 e. The molecule has 0 bridgehead atoms. The van der Waals surface area contributed by atoms with E-state index in [2.05, 4.69) is 43.3 Å². The molecule has 0 heterocycles. The van der Waals surface area contributed by atoms with Gasteiger partial charge in [0.2, 0.25) is 0 Å².